The van der Waals surface area contributed by atoms with Crippen molar-refractivity contribution >= 4 is 16.4 Å². The summed E-state index contributed by atoms with van der Waals surface area (Å²) in [7, 11) is -5.06. The Balaban J connectivity index is 2.34. The van der Waals surface area contributed by atoms with Crippen LogP contribution in [0.3, 0.4) is 0 Å². The Morgan fingerprint density at radius 1 is 0.587 bits per heavy atom. The Morgan fingerprint density at radius 3 is 1.43 bits per heavy atom. The lowest BCUT2D eigenvalue weighted by Crippen LogP contribution is -2.60. The van der Waals surface area contributed by atoms with Crippen molar-refractivity contribution in [2.45, 2.75) is 275 Å². The normalized spacial score (nSPS) is 19.9. The molecule has 0 amide bonds. The van der Waals surface area contributed by atoms with Gasteiger partial charge in [0.25, 0.3) is 0 Å². The Bertz CT molecular complexity index is 1150. The molecule has 0 aromatic heterocycles. The molecule has 13 heteroatoms. The van der Waals surface area contributed by atoms with E-state index in [1.54, 1.807) is 0 Å². The van der Waals surface area contributed by atoms with Crippen molar-refractivity contribution in [1.29, 1.82) is 0 Å². The molecule has 374 valence electrons. The zero-order valence-electron chi connectivity index (χ0n) is 40.2. The van der Waals surface area contributed by atoms with Crippen LogP contribution in [0, 0.1) is 0 Å². The monoisotopic (exact) mass is 921 g/mol. The van der Waals surface area contributed by atoms with Gasteiger partial charge in [0.15, 0.2) is 6.29 Å². The van der Waals surface area contributed by atoms with Gasteiger partial charge in [0.1, 0.15) is 30.5 Å². The highest BCUT2D eigenvalue weighted by Crippen LogP contribution is 2.26. The summed E-state index contributed by atoms with van der Waals surface area (Å²) in [6.45, 7) is 4.03. The van der Waals surface area contributed by atoms with Crippen LogP contribution in [0.2, 0.25) is 0 Å². The van der Waals surface area contributed by atoms with Crippen LogP contribution in [-0.2, 0) is 38.3 Å². The van der Waals surface area contributed by atoms with Crippen LogP contribution in [0.25, 0.3) is 0 Å². The number of allylic oxidation sites excluding steroid dienone is 2. The van der Waals surface area contributed by atoms with Gasteiger partial charge in [-0.1, -0.05) is 206 Å². The van der Waals surface area contributed by atoms with Gasteiger partial charge in [0.2, 0.25) is 0 Å². The first-order valence-corrected chi connectivity index (χ1v) is 27.3. The van der Waals surface area contributed by atoms with Crippen molar-refractivity contribution in [2.75, 3.05) is 26.4 Å². The molecule has 1 fully saturated rings. The minimum Gasteiger partial charge on any atom is -0.457 e. The van der Waals surface area contributed by atoms with Crippen LogP contribution in [0.4, 0.5) is 0 Å². The maximum absolute atomic E-state index is 12.9. The minimum atomic E-state index is -5.06. The van der Waals surface area contributed by atoms with E-state index in [1.807, 2.05) is 0 Å². The number of aliphatic hydroxyl groups excluding tert-OH is 3. The molecule has 1 aliphatic rings. The smallest absolute Gasteiger partial charge is 0.397 e. The summed E-state index contributed by atoms with van der Waals surface area (Å²) in [5.41, 5.74) is 0. The second-order valence-corrected chi connectivity index (χ2v) is 19.2. The highest BCUT2D eigenvalue weighted by atomic mass is 32.3. The lowest BCUT2D eigenvalue weighted by atomic mass is 9.99. The highest BCUT2D eigenvalue weighted by Gasteiger charge is 2.48. The van der Waals surface area contributed by atoms with E-state index in [9.17, 15) is 33.1 Å². The lowest BCUT2D eigenvalue weighted by Gasteiger charge is -2.41. The van der Waals surface area contributed by atoms with Gasteiger partial charge in [0, 0.05) is 13.0 Å². The minimum absolute atomic E-state index is 0.0411. The zero-order valence-corrected chi connectivity index (χ0v) is 41.0. The molecule has 0 aliphatic carbocycles. The first kappa shape index (κ1) is 59.9. The summed E-state index contributed by atoms with van der Waals surface area (Å²) < 4.78 is 59.3. The summed E-state index contributed by atoms with van der Waals surface area (Å²) in [6.07, 6.45) is 38.1. The maximum Gasteiger partial charge on any atom is 0.397 e. The second-order valence-electron chi connectivity index (χ2n) is 18.1. The van der Waals surface area contributed by atoms with Gasteiger partial charge in [-0.25, -0.2) is 4.18 Å². The number of carbonyl (C=O) groups is 1. The molecule has 63 heavy (non-hydrogen) atoms. The topological polar surface area (TPSA) is 178 Å². The third kappa shape index (κ3) is 35.7. The first-order chi connectivity index (χ1) is 30.6. The fourth-order valence-electron chi connectivity index (χ4n) is 8.20. The Morgan fingerprint density at radius 2 is 1.00 bits per heavy atom. The van der Waals surface area contributed by atoms with Crippen molar-refractivity contribution in [3.05, 3.63) is 12.2 Å². The molecule has 0 radical (unpaired) electrons. The van der Waals surface area contributed by atoms with E-state index in [4.69, 9.17) is 18.9 Å². The largest absolute Gasteiger partial charge is 0.457 e. The van der Waals surface area contributed by atoms with Crippen LogP contribution in [0.5, 0.6) is 0 Å². The third-order valence-electron chi connectivity index (χ3n) is 12.1. The molecule has 4 N–H and O–H groups in total. The SMILES string of the molecule is CCCCCCCC/C=C\CCCCCCCCCCCCOCC(COC1OC(CO)C(O)C(OS(=O)(=O)O)C1O)OC(=O)CCCCCCCCCCCCCCCCCC. The predicted octanol–water partition coefficient (Wildman–Crippen LogP) is 11.8. The van der Waals surface area contributed by atoms with Crippen LogP contribution in [-0.4, -0.2) is 97.5 Å². The molecule has 0 saturated carbocycles. The number of hydrogen-bond donors (Lipinski definition) is 4. The molecule has 6 unspecified atom stereocenters. The van der Waals surface area contributed by atoms with Crippen molar-refractivity contribution in [3.8, 4) is 0 Å². The molecule has 12 nitrogen and oxygen atoms in total. The van der Waals surface area contributed by atoms with E-state index in [0.29, 0.717) is 13.0 Å². The molecular formula is C50H96O12S. The average Bonchev–Trinajstić information content (AvgIpc) is 3.26. The molecule has 0 bridgehead atoms. The van der Waals surface area contributed by atoms with Crippen molar-refractivity contribution in [2.24, 2.45) is 0 Å². The molecule has 1 saturated heterocycles. The van der Waals surface area contributed by atoms with Gasteiger partial charge in [-0.05, 0) is 38.5 Å². The molecular weight excluding hydrogens is 825 g/mol. The Hall–Kier alpha value is -1.16. The maximum atomic E-state index is 12.9. The standard InChI is InChI=1S/C50H96O12S/c1-3-5-7-9-11-13-15-17-19-21-22-23-24-26-28-30-32-34-36-38-40-58-42-44(43-59-50-48(54)49(62-63(55,56)57)47(53)45(41-51)61-50)60-46(52)39-37-35-33-31-29-27-25-20-18-16-14-12-10-8-6-4-2/h17,19,44-45,47-51,53-54H,3-16,18,20-43H2,1-2H3,(H,55,56,57)/b19-17-. The summed E-state index contributed by atoms with van der Waals surface area (Å²) >= 11 is 0. The summed E-state index contributed by atoms with van der Waals surface area (Å²) in [5.74, 6) is -0.394. The fourth-order valence-corrected chi connectivity index (χ4v) is 8.71. The lowest BCUT2D eigenvalue weighted by molar-refractivity contribution is -0.301. The number of ether oxygens (including phenoxy) is 4. The third-order valence-corrected chi connectivity index (χ3v) is 12.6. The molecule has 1 rings (SSSR count). The molecule has 1 heterocycles. The van der Waals surface area contributed by atoms with Crippen LogP contribution < -0.4 is 0 Å². The summed E-state index contributed by atoms with van der Waals surface area (Å²) in [4.78, 5) is 12.9. The molecule has 0 aromatic rings. The quantitative estimate of drug-likeness (QED) is 0.0197. The van der Waals surface area contributed by atoms with E-state index < -0.39 is 59.8 Å². The summed E-state index contributed by atoms with van der Waals surface area (Å²) in [5, 5.41) is 30.7. The number of esters is 1. The highest BCUT2D eigenvalue weighted by molar-refractivity contribution is 7.80. The van der Waals surface area contributed by atoms with E-state index in [1.165, 1.54) is 173 Å². The molecule has 6 atom stereocenters. The number of carbonyl (C=O) groups excluding carboxylic acids is 1. The van der Waals surface area contributed by atoms with E-state index in [2.05, 4.69) is 30.2 Å². The first-order valence-electron chi connectivity index (χ1n) is 25.9. The van der Waals surface area contributed by atoms with E-state index in [0.717, 1.165) is 38.5 Å². The van der Waals surface area contributed by atoms with Gasteiger partial charge < -0.3 is 34.3 Å². The Kier molecular flexibility index (Phi) is 40.1. The second kappa shape index (κ2) is 42.2. The van der Waals surface area contributed by atoms with Crippen LogP contribution in [0.1, 0.15) is 239 Å². The van der Waals surface area contributed by atoms with E-state index in [-0.39, 0.29) is 19.6 Å². The molecule has 0 aromatic carbocycles. The van der Waals surface area contributed by atoms with Gasteiger partial charge in [-0.2, -0.15) is 8.42 Å². The van der Waals surface area contributed by atoms with Gasteiger partial charge in [0.05, 0.1) is 19.8 Å². The number of hydrogen-bond acceptors (Lipinski definition) is 11. The van der Waals surface area contributed by atoms with Crippen molar-refractivity contribution in [1.82, 2.24) is 0 Å². The van der Waals surface area contributed by atoms with Crippen LogP contribution in [0.15, 0.2) is 12.2 Å². The van der Waals surface area contributed by atoms with Crippen LogP contribution >= 0.6 is 0 Å². The van der Waals surface area contributed by atoms with Gasteiger partial charge >= 0.3 is 16.4 Å². The predicted molar refractivity (Wildman–Crippen MR) is 253 cm³/mol. The number of unbranched alkanes of at least 4 members (excludes halogenated alkanes) is 31. The summed E-state index contributed by atoms with van der Waals surface area (Å²) in [6, 6.07) is 0. The van der Waals surface area contributed by atoms with Crippen molar-refractivity contribution in [3.63, 3.8) is 0 Å². The zero-order chi connectivity index (χ0) is 46.1. The molecule has 0 spiro atoms. The Labute approximate surface area is 385 Å². The fraction of sp³-hybridized carbons (Fsp3) is 0.940. The van der Waals surface area contributed by atoms with E-state index >= 15 is 0 Å². The average molecular weight is 921 g/mol. The number of aliphatic hydroxyl groups is 3. The van der Waals surface area contributed by atoms with Crippen molar-refractivity contribution < 1.29 is 56.2 Å². The van der Waals surface area contributed by atoms with Gasteiger partial charge in [-0.15, -0.1) is 0 Å². The van der Waals surface area contributed by atoms with Gasteiger partial charge in [-0.3, -0.25) is 9.35 Å². The molecule has 1 aliphatic heterocycles. The number of rotatable bonds is 46.